The number of hydrogen-bond donors (Lipinski definition) is 1. The summed E-state index contributed by atoms with van der Waals surface area (Å²) in [4.78, 5) is 8.40. The van der Waals surface area contributed by atoms with Gasteiger partial charge in [-0.2, -0.15) is 4.98 Å². The van der Waals surface area contributed by atoms with Crippen molar-refractivity contribution >= 4 is 10.9 Å². The van der Waals surface area contributed by atoms with Crippen LogP contribution in [0.15, 0.2) is 72.8 Å². The van der Waals surface area contributed by atoms with Crippen LogP contribution in [0.4, 0.5) is 4.39 Å². The van der Waals surface area contributed by atoms with E-state index < -0.39 is 5.82 Å². The van der Waals surface area contributed by atoms with Crippen LogP contribution >= 0.6 is 0 Å². The zero-order valence-electron chi connectivity index (χ0n) is 12.6. The first-order valence-electron chi connectivity index (χ1n) is 7.53. The monoisotopic (exact) mass is 316 g/mol. The van der Waals surface area contributed by atoms with E-state index in [1.807, 2.05) is 42.5 Å². The average molecular weight is 316 g/mol. The number of halogens is 1. The van der Waals surface area contributed by atoms with Gasteiger partial charge in [-0.15, -0.1) is 0 Å². The number of hydrogen-bond acceptors (Lipinski definition) is 3. The standard InChI is InChI=1S/C20H13FN2O/c21-17-12-14(13-6-2-1-3-7-13)10-11-15(17)19-22-18-9-5-4-8-16(18)20(24)23-19/h1-12H,(H,22,23,24). The minimum Gasteiger partial charge on any atom is -0.493 e. The molecule has 0 radical (unpaired) electrons. The van der Waals surface area contributed by atoms with Gasteiger partial charge in [-0.1, -0.05) is 48.5 Å². The number of para-hydroxylation sites is 1. The van der Waals surface area contributed by atoms with Gasteiger partial charge in [0.2, 0.25) is 5.88 Å². The average Bonchev–Trinajstić information content (AvgIpc) is 2.62. The predicted octanol–water partition coefficient (Wildman–Crippen LogP) is 4.81. The second-order valence-electron chi connectivity index (χ2n) is 5.45. The number of aromatic nitrogens is 2. The largest absolute Gasteiger partial charge is 0.493 e. The van der Waals surface area contributed by atoms with Crippen molar-refractivity contribution in [2.24, 2.45) is 0 Å². The van der Waals surface area contributed by atoms with Crippen LogP contribution in [0.2, 0.25) is 0 Å². The molecule has 116 valence electrons. The van der Waals surface area contributed by atoms with Gasteiger partial charge in [0.1, 0.15) is 5.82 Å². The SMILES string of the molecule is Oc1nc(-c2ccc(-c3ccccc3)cc2F)nc2ccccc12. The summed E-state index contributed by atoms with van der Waals surface area (Å²) in [5.41, 5.74) is 2.55. The molecular weight excluding hydrogens is 303 g/mol. The van der Waals surface area contributed by atoms with Crippen molar-refractivity contribution in [3.05, 3.63) is 78.6 Å². The third-order valence-corrected chi connectivity index (χ3v) is 3.90. The van der Waals surface area contributed by atoms with Gasteiger partial charge in [-0.25, -0.2) is 9.37 Å². The summed E-state index contributed by atoms with van der Waals surface area (Å²) in [7, 11) is 0. The molecule has 0 atom stereocenters. The maximum atomic E-state index is 14.6. The fourth-order valence-electron chi connectivity index (χ4n) is 2.69. The Kier molecular flexibility index (Phi) is 3.43. The smallest absolute Gasteiger partial charge is 0.222 e. The molecule has 0 aliphatic rings. The maximum absolute atomic E-state index is 14.6. The lowest BCUT2D eigenvalue weighted by atomic mass is 10.0. The molecule has 0 bridgehead atoms. The first kappa shape index (κ1) is 14.3. The fraction of sp³-hybridized carbons (Fsp3) is 0. The van der Waals surface area contributed by atoms with E-state index >= 15 is 0 Å². The Morgan fingerprint density at radius 1 is 0.750 bits per heavy atom. The molecule has 0 aliphatic carbocycles. The van der Waals surface area contributed by atoms with Crippen LogP contribution in [-0.4, -0.2) is 15.1 Å². The highest BCUT2D eigenvalue weighted by atomic mass is 19.1. The van der Waals surface area contributed by atoms with E-state index in [1.54, 1.807) is 24.3 Å². The Labute approximate surface area is 138 Å². The first-order chi connectivity index (χ1) is 11.7. The summed E-state index contributed by atoms with van der Waals surface area (Å²) >= 11 is 0. The molecule has 4 heteroatoms. The van der Waals surface area contributed by atoms with Crippen LogP contribution in [0.5, 0.6) is 5.88 Å². The van der Waals surface area contributed by atoms with Crippen molar-refractivity contribution in [2.75, 3.05) is 0 Å². The highest BCUT2D eigenvalue weighted by molar-refractivity contribution is 5.85. The molecule has 0 amide bonds. The lowest BCUT2D eigenvalue weighted by molar-refractivity contribution is 0.460. The molecule has 3 nitrogen and oxygen atoms in total. The number of aromatic hydroxyl groups is 1. The Morgan fingerprint density at radius 2 is 1.50 bits per heavy atom. The molecule has 3 aromatic carbocycles. The molecule has 0 fully saturated rings. The van der Waals surface area contributed by atoms with E-state index in [9.17, 15) is 9.50 Å². The summed E-state index contributed by atoms with van der Waals surface area (Å²) in [6.45, 7) is 0. The maximum Gasteiger partial charge on any atom is 0.222 e. The van der Waals surface area contributed by atoms with Crippen LogP contribution in [0, 0.1) is 5.82 Å². The second-order valence-corrected chi connectivity index (χ2v) is 5.45. The third kappa shape index (κ3) is 2.48. The quantitative estimate of drug-likeness (QED) is 0.577. The molecule has 24 heavy (non-hydrogen) atoms. The van der Waals surface area contributed by atoms with Gasteiger partial charge in [0.05, 0.1) is 16.5 Å². The molecule has 0 aliphatic heterocycles. The van der Waals surface area contributed by atoms with E-state index in [-0.39, 0.29) is 17.3 Å². The van der Waals surface area contributed by atoms with E-state index in [4.69, 9.17) is 0 Å². The van der Waals surface area contributed by atoms with Crippen LogP contribution < -0.4 is 0 Å². The first-order valence-corrected chi connectivity index (χ1v) is 7.53. The van der Waals surface area contributed by atoms with Crippen LogP contribution in [0.1, 0.15) is 0 Å². The molecule has 1 N–H and O–H groups in total. The summed E-state index contributed by atoms with van der Waals surface area (Å²) in [5.74, 6) is -0.406. The van der Waals surface area contributed by atoms with Crippen LogP contribution in [0.3, 0.4) is 0 Å². The van der Waals surface area contributed by atoms with Gasteiger partial charge in [0.15, 0.2) is 5.82 Å². The van der Waals surface area contributed by atoms with Gasteiger partial charge in [-0.3, -0.25) is 0 Å². The molecule has 4 aromatic rings. The number of rotatable bonds is 2. The fourth-order valence-corrected chi connectivity index (χ4v) is 2.69. The van der Waals surface area contributed by atoms with Gasteiger partial charge in [0, 0.05) is 0 Å². The van der Waals surface area contributed by atoms with Crippen molar-refractivity contribution < 1.29 is 9.50 Å². The highest BCUT2D eigenvalue weighted by Crippen LogP contribution is 2.29. The molecule has 1 heterocycles. The van der Waals surface area contributed by atoms with Crippen LogP contribution in [0.25, 0.3) is 33.4 Å². The van der Waals surface area contributed by atoms with Crippen molar-refractivity contribution in [1.82, 2.24) is 9.97 Å². The Morgan fingerprint density at radius 3 is 2.29 bits per heavy atom. The number of benzene rings is 3. The zero-order valence-corrected chi connectivity index (χ0v) is 12.6. The minimum atomic E-state index is -0.425. The Balaban J connectivity index is 1.83. The summed E-state index contributed by atoms with van der Waals surface area (Å²) in [6, 6.07) is 21.6. The van der Waals surface area contributed by atoms with Gasteiger partial charge >= 0.3 is 0 Å². The van der Waals surface area contributed by atoms with Crippen molar-refractivity contribution in [3.63, 3.8) is 0 Å². The lowest BCUT2D eigenvalue weighted by Crippen LogP contribution is -1.94. The molecule has 1 aromatic heterocycles. The van der Waals surface area contributed by atoms with E-state index in [0.29, 0.717) is 10.9 Å². The second kappa shape index (κ2) is 5.74. The third-order valence-electron chi connectivity index (χ3n) is 3.90. The molecule has 0 unspecified atom stereocenters. The van der Waals surface area contributed by atoms with Crippen LogP contribution in [-0.2, 0) is 0 Å². The van der Waals surface area contributed by atoms with Crippen molar-refractivity contribution in [1.29, 1.82) is 0 Å². The van der Waals surface area contributed by atoms with Crippen molar-refractivity contribution in [3.8, 4) is 28.4 Å². The van der Waals surface area contributed by atoms with E-state index in [0.717, 1.165) is 11.1 Å². The molecule has 0 saturated heterocycles. The molecular formula is C20H13FN2O. The van der Waals surface area contributed by atoms with Crippen molar-refractivity contribution in [2.45, 2.75) is 0 Å². The highest BCUT2D eigenvalue weighted by Gasteiger charge is 2.13. The molecule has 0 spiro atoms. The van der Waals surface area contributed by atoms with E-state index in [1.165, 1.54) is 6.07 Å². The molecule has 0 saturated carbocycles. The Bertz CT molecular complexity index is 1030. The minimum absolute atomic E-state index is 0.151. The number of nitrogens with zero attached hydrogens (tertiary/aromatic N) is 2. The van der Waals surface area contributed by atoms with Gasteiger partial charge in [0.25, 0.3) is 0 Å². The lowest BCUT2D eigenvalue weighted by Gasteiger charge is -2.07. The number of fused-ring (bicyclic) bond motifs is 1. The van der Waals surface area contributed by atoms with Gasteiger partial charge < -0.3 is 5.11 Å². The topological polar surface area (TPSA) is 46.0 Å². The normalized spacial score (nSPS) is 10.9. The summed E-state index contributed by atoms with van der Waals surface area (Å²) < 4.78 is 14.6. The molecule has 4 rings (SSSR count). The zero-order chi connectivity index (χ0) is 16.5. The van der Waals surface area contributed by atoms with E-state index in [2.05, 4.69) is 9.97 Å². The predicted molar refractivity (Wildman–Crippen MR) is 92.0 cm³/mol. The summed E-state index contributed by atoms with van der Waals surface area (Å²) in [6.07, 6.45) is 0. The summed E-state index contributed by atoms with van der Waals surface area (Å²) in [5, 5.41) is 10.6. The van der Waals surface area contributed by atoms with Gasteiger partial charge in [-0.05, 0) is 35.4 Å². The Hall–Kier alpha value is -3.27.